The Hall–Kier alpha value is 0.583. The molecule has 1 saturated heterocycles. The van der Waals surface area contributed by atoms with Crippen LogP contribution in [0.5, 0.6) is 0 Å². The van der Waals surface area contributed by atoms with E-state index in [1.54, 1.807) is 31.1 Å². The molecule has 2 rings (SSSR count). The van der Waals surface area contributed by atoms with Crippen molar-refractivity contribution in [1.29, 1.82) is 0 Å². The number of hydrogen-bond donors (Lipinski definition) is 0. The molecule has 1 aliphatic carbocycles. The predicted molar refractivity (Wildman–Crippen MR) is 33.0 cm³/mol. The van der Waals surface area contributed by atoms with Crippen molar-refractivity contribution < 1.29 is 23.0 Å². The van der Waals surface area contributed by atoms with Crippen molar-refractivity contribution >= 4 is 0 Å². The molecule has 2 heteroatoms. The van der Waals surface area contributed by atoms with Crippen LogP contribution in [0.3, 0.4) is 0 Å². The molecule has 0 N–H and O–H groups in total. The molecular formula is C7H13OZn. The zero-order valence-electron chi connectivity index (χ0n) is 5.94. The summed E-state index contributed by atoms with van der Waals surface area (Å²) in [6.45, 7) is 2.00. The predicted octanol–water partition coefficient (Wildman–Crippen LogP) is 1.91. The van der Waals surface area contributed by atoms with Crippen molar-refractivity contribution in [2.45, 2.75) is 30.2 Å². The Kier molecular flexibility index (Phi) is 3.76. The molecule has 0 spiro atoms. The van der Waals surface area contributed by atoms with Crippen LogP contribution in [0.1, 0.15) is 25.7 Å². The van der Waals surface area contributed by atoms with Gasteiger partial charge in [-0.25, -0.2) is 0 Å². The van der Waals surface area contributed by atoms with E-state index in [1.807, 2.05) is 0 Å². The first kappa shape index (κ1) is 7.69. The van der Waals surface area contributed by atoms with Crippen LogP contribution in [-0.2, 0) is 23.0 Å². The average Bonchev–Trinajstić information content (AvgIpc) is 2.52. The van der Waals surface area contributed by atoms with E-state index in [0.29, 0.717) is 0 Å². The summed E-state index contributed by atoms with van der Waals surface area (Å²) < 4.78 is 6.15. The van der Waals surface area contributed by atoms with Crippen LogP contribution >= 0.6 is 0 Å². The number of rotatable bonds is 0. The summed E-state index contributed by atoms with van der Waals surface area (Å²) in [6, 6.07) is 0. The summed E-state index contributed by atoms with van der Waals surface area (Å²) >= 11 is 1.54. The SMILES string of the molecule is C1CCOC1.[Zn][CH]1CC1. The number of hydrogen-bond acceptors (Lipinski definition) is 1. The van der Waals surface area contributed by atoms with E-state index in [2.05, 4.69) is 0 Å². The van der Waals surface area contributed by atoms with Gasteiger partial charge in [0.1, 0.15) is 0 Å². The second-order valence-electron chi connectivity index (χ2n) is 2.76. The molecule has 49 valence electrons. The summed E-state index contributed by atoms with van der Waals surface area (Å²) in [5.74, 6) is 0. The zero-order chi connectivity index (χ0) is 6.53. The van der Waals surface area contributed by atoms with Crippen molar-refractivity contribution in [3.8, 4) is 0 Å². The fourth-order valence-corrected chi connectivity index (χ4v) is 1.12. The van der Waals surface area contributed by atoms with Crippen LogP contribution in [0.4, 0.5) is 0 Å². The summed E-state index contributed by atoms with van der Waals surface area (Å²) in [7, 11) is 0. The molecule has 1 aliphatic heterocycles. The summed E-state index contributed by atoms with van der Waals surface area (Å²) in [6.07, 6.45) is 5.64. The summed E-state index contributed by atoms with van der Waals surface area (Å²) in [4.78, 5) is 0. The van der Waals surface area contributed by atoms with Gasteiger partial charge >= 0.3 is 35.7 Å². The van der Waals surface area contributed by atoms with Crippen LogP contribution in [0, 0.1) is 0 Å². The molecule has 2 aliphatic rings. The average molecular weight is 179 g/mol. The molecule has 0 aromatic carbocycles. The Balaban J connectivity index is 0.0000000922. The van der Waals surface area contributed by atoms with E-state index >= 15 is 0 Å². The quantitative estimate of drug-likeness (QED) is 0.515. The Labute approximate surface area is 66.8 Å². The van der Waals surface area contributed by atoms with Crippen LogP contribution in [0.15, 0.2) is 0 Å². The van der Waals surface area contributed by atoms with Gasteiger partial charge in [-0.2, -0.15) is 0 Å². The Morgan fingerprint density at radius 3 is 1.67 bits per heavy atom. The zero-order valence-corrected chi connectivity index (χ0v) is 8.90. The fourth-order valence-electron chi connectivity index (χ4n) is 0.628. The molecule has 1 nitrogen and oxygen atoms in total. The van der Waals surface area contributed by atoms with Gasteiger partial charge in [-0.15, -0.1) is 0 Å². The molecule has 0 aromatic rings. The molecule has 2 fully saturated rings. The summed E-state index contributed by atoms with van der Waals surface area (Å²) in [5.41, 5.74) is 0. The molecule has 1 heterocycles. The second-order valence-corrected chi connectivity index (χ2v) is 5.19. The van der Waals surface area contributed by atoms with E-state index in [-0.39, 0.29) is 0 Å². The van der Waals surface area contributed by atoms with Crippen LogP contribution in [-0.4, -0.2) is 13.2 Å². The third-order valence-electron chi connectivity index (χ3n) is 1.52. The maximum atomic E-state index is 4.94. The Morgan fingerprint density at radius 1 is 1.11 bits per heavy atom. The molecule has 0 aromatic heterocycles. The van der Waals surface area contributed by atoms with Crippen molar-refractivity contribution in [3.05, 3.63) is 0 Å². The standard InChI is InChI=1S/C4H8O.C3H5.Zn/c1-2-4-5-3-1;1-2-3-1;/h1-4H2;1H,2-3H2;. The topological polar surface area (TPSA) is 9.23 Å². The molecule has 0 bridgehead atoms. The first-order valence-electron chi connectivity index (χ1n) is 3.80. The van der Waals surface area contributed by atoms with E-state index in [4.69, 9.17) is 4.74 Å². The molecular weight excluding hydrogens is 165 g/mol. The molecule has 0 radical (unpaired) electrons. The van der Waals surface area contributed by atoms with Gasteiger partial charge in [0.25, 0.3) is 0 Å². The summed E-state index contributed by atoms with van der Waals surface area (Å²) in [5, 5.41) is 0. The van der Waals surface area contributed by atoms with Gasteiger partial charge < -0.3 is 4.74 Å². The van der Waals surface area contributed by atoms with Crippen molar-refractivity contribution in [2.75, 3.05) is 13.2 Å². The molecule has 0 amide bonds. The van der Waals surface area contributed by atoms with Crippen molar-refractivity contribution in [1.82, 2.24) is 0 Å². The normalized spacial score (nSPS) is 25.1. The molecule has 0 atom stereocenters. The van der Waals surface area contributed by atoms with E-state index < -0.39 is 0 Å². The van der Waals surface area contributed by atoms with Crippen LogP contribution < -0.4 is 0 Å². The first-order valence-corrected chi connectivity index (χ1v) is 5.52. The van der Waals surface area contributed by atoms with Gasteiger partial charge in [0.15, 0.2) is 0 Å². The van der Waals surface area contributed by atoms with Gasteiger partial charge in [0.2, 0.25) is 0 Å². The Morgan fingerprint density at radius 2 is 1.56 bits per heavy atom. The first-order chi connectivity index (χ1) is 4.39. The van der Waals surface area contributed by atoms with Gasteiger partial charge in [-0.05, 0) is 12.8 Å². The van der Waals surface area contributed by atoms with Gasteiger partial charge in [-0.1, -0.05) is 0 Å². The second kappa shape index (κ2) is 4.41. The van der Waals surface area contributed by atoms with Crippen LogP contribution in [0.2, 0.25) is 4.51 Å². The maximum absolute atomic E-state index is 4.94. The third-order valence-corrected chi connectivity index (χ3v) is 3.24. The minimum absolute atomic E-state index is 1.00. The van der Waals surface area contributed by atoms with Crippen molar-refractivity contribution in [3.63, 3.8) is 0 Å². The van der Waals surface area contributed by atoms with Gasteiger partial charge in [-0.3, -0.25) is 0 Å². The van der Waals surface area contributed by atoms with Gasteiger partial charge in [0.05, 0.1) is 0 Å². The molecule has 9 heavy (non-hydrogen) atoms. The van der Waals surface area contributed by atoms with Crippen LogP contribution in [0.25, 0.3) is 0 Å². The molecule has 1 saturated carbocycles. The third kappa shape index (κ3) is 5.05. The van der Waals surface area contributed by atoms with Gasteiger partial charge in [0, 0.05) is 13.2 Å². The van der Waals surface area contributed by atoms with Crippen molar-refractivity contribution in [2.24, 2.45) is 0 Å². The molecule has 0 unspecified atom stereocenters. The fraction of sp³-hybridized carbons (Fsp3) is 1.00. The van der Waals surface area contributed by atoms with E-state index in [9.17, 15) is 0 Å². The monoisotopic (exact) mass is 177 g/mol. The minimum atomic E-state index is 1.00. The Bertz CT molecular complexity index is 59.7. The number of ether oxygens (including phenoxy) is 1. The van der Waals surface area contributed by atoms with E-state index in [0.717, 1.165) is 13.2 Å². The van der Waals surface area contributed by atoms with E-state index in [1.165, 1.54) is 17.4 Å².